The number of aliphatic carboxylic acids is 1. The number of carbonyl (C=O) groups is 2. The molecule has 2 aromatic heterocycles. The van der Waals surface area contributed by atoms with E-state index in [0.717, 1.165) is 41.9 Å². The topological polar surface area (TPSA) is 86.3 Å². The Hall–Kier alpha value is -2.41. The Morgan fingerprint density at radius 2 is 2.17 bits per heavy atom. The first kappa shape index (κ1) is 20.8. The fraction of sp³-hybridized carbons (Fsp3) is 0.333. The molecule has 6 nitrogen and oxygen atoms in total. The molecule has 0 aromatic carbocycles. The summed E-state index contributed by atoms with van der Waals surface area (Å²) >= 11 is 8.21. The molecule has 1 fully saturated rings. The number of hydrogen-bond donors (Lipinski definition) is 1. The largest absolute Gasteiger partial charge is 0.481 e. The van der Waals surface area contributed by atoms with E-state index >= 15 is 0 Å². The highest BCUT2D eigenvalue weighted by molar-refractivity contribution is 8.26. The molecule has 3 heterocycles. The SMILES string of the molecule is N#Cc1c(-n2cccc2/C=C2/SC(=S)N(CCCC(=O)O)C2=O)sc2c1CCCC2. The number of thiocarbonyl (C=S) groups is 1. The maximum atomic E-state index is 12.8. The molecule has 1 amide bonds. The van der Waals surface area contributed by atoms with Gasteiger partial charge in [-0.05, 0) is 55.9 Å². The maximum Gasteiger partial charge on any atom is 0.303 e. The van der Waals surface area contributed by atoms with Gasteiger partial charge in [-0.2, -0.15) is 5.26 Å². The predicted octanol–water partition coefficient (Wildman–Crippen LogP) is 4.36. The molecule has 0 unspecified atom stereocenters. The van der Waals surface area contributed by atoms with Crippen molar-refractivity contribution in [3.05, 3.63) is 44.9 Å². The second kappa shape index (κ2) is 8.76. The molecule has 154 valence electrons. The van der Waals surface area contributed by atoms with E-state index in [-0.39, 0.29) is 12.3 Å². The number of thioether (sulfide) groups is 1. The summed E-state index contributed by atoms with van der Waals surface area (Å²) in [4.78, 5) is 26.8. The fourth-order valence-electron chi connectivity index (χ4n) is 3.75. The summed E-state index contributed by atoms with van der Waals surface area (Å²) < 4.78 is 2.41. The molecule has 9 heteroatoms. The number of fused-ring (bicyclic) bond motifs is 1. The van der Waals surface area contributed by atoms with Crippen LogP contribution in [0.15, 0.2) is 23.2 Å². The summed E-state index contributed by atoms with van der Waals surface area (Å²) in [5.74, 6) is -1.09. The Morgan fingerprint density at radius 1 is 1.37 bits per heavy atom. The molecule has 1 aliphatic heterocycles. The van der Waals surface area contributed by atoms with Crippen molar-refractivity contribution in [2.24, 2.45) is 0 Å². The van der Waals surface area contributed by atoms with E-state index in [1.54, 1.807) is 17.4 Å². The van der Waals surface area contributed by atoms with E-state index in [1.807, 2.05) is 22.9 Å². The van der Waals surface area contributed by atoms with Gasteiger partial charge in [0.05, 0.1) is 10.5 Å². The van der Waals surface area contributed by atoms with E-state index in [9.17, 15) is 14.9 Å². The molecule has 0 atom stereocenters. The van der Waals surface area contributed by atoms with Crippen molar-refractivity contribution < 1.29 is 14.7 Å². The third-order valence-corrected chi connectivity index (χ3v) is 7.86. The van der Waals surface area contributed by atoms with Gasteiger partial charge in [0, 0.05) is 29.7 Å². The Morgan fingerprint density at radius 3 is 2.93 bits per heavy atom. The highest BCUT2D eigenvalue weighted by atomic mass is 32.2. The van der Waals surface area contributed by atoms with Gasteiger partial charge in [-0.1, -0.05) is 24.0 Å². The van der Waals surface area contributed by atoms with Crippen molar-refractivity contribution in [1.29, 1.82) is 5.26 Å². The molecule has 2 aliphatic rings. The zero-order valence-electron chi connectivity index (χ0n) is 16.1. The van der Waals surface area contributed by atoms with E-state index in [2.05, 4.69) is 6.07 Å². The van der Waals surface area contributed by atoms with Gasteiger partial charge in [-0.15, -0.1) is 11.3 Å². The number of carbonyl (C=O) groups excluding carboxylic acids is 1. The lowest BCUT2D eigenvalue weighted by molar-refractivity contribution is -0.137. The van der Waals surface area contributed by atoms with Crippen LogP contribution >= 0.6 is 35.3 Å². The molecular formula is C21H19N3O3S3. The normalized spacial score (nSPS) is 17.4. The first-order valence-electron chi connectivity index (χ1n) is 9.69. The monoisotopic (exact) mass is 457 g/mol. The number of amides is 1. The van der Waals surface area contributed by atoms with E-state index in [0.29, 0.717) is 22.2 Å². The maximum absolute atomic E-state index is 12.8. The molecule has 1 aliphatic carbocycles. The van der Waals surface area contributed by atoms with Crippen LogP contribution in [0.2, 0.25) is 0 Å². The smallest absolute Gasteiger partial charge is 0.303 e. The molecule has 2 aromatic rings. The molecule has 0 radical (unpaired) electrons. The lowest BCUT2D eigenvalue weighted by Crippen LogP contribution is -2.29. The van der Waals surface area contributed by atoms with Crippen molar-refractivity contribution in [2.45, 2.75) is 38.5 Å². The van der Waals surface area contributed by atoms with E-state index in [1.165, 1.54) is 27.1 Å². The second-order valence-corrected chi connectivity index (χ2v) is 9.90. The van der Waals surface area contributed by atoms with Gasteiger partial charge in [-0.3, -0.25) is 14.5 Å². The zero-order chi connectivity index (χ0) is 21.3. The van der Waals surface area contributed by atoms with Gasteiger partial charge in [-0.25, -0.2) is 0 Å². The third-order valence-electron chi connectivity index (χ3n) is 5.19. The summed E-state index contributed by atoms with van der Waals surface area (Å²) in [7, 11) is 0. The average Bonchev–Trinajstić information content (AvgIpc) is 3.39. The zero-order valence-corrected chi connectivity index (χ0v) is 18.5. The molecule has 4 rings (SSSR count). The Labute approximate surface area is 187 Å². The summed E-state index contributed by atoms with van der Waals surface area (Å²) in [5, 5.41) is 19.5. The van der Waals surface area contributed by atoms with Gasteiger partial charge >= 0.3 is 5.97 Å². The number of carboxylic acid groups (broad SMARTS) is 1. The first-order valence-corrected chi connectivity index (χ1v) is 11.7. The number of carboxylic acids is 1. The van der Waals surface area contributed by atoms with Gasteiger partial charge in [0.1, 0.15) is 15.4 Å². The van der Waals surface area contributed by atoms with Crippen LogP contribution in [0, 0.1) is 11.3 Å². The number of thiophene rings is 1. The minimum absolute atomic E-state index is 0.00105. The van der Waals surface area contributed by atoms with Crippen LogP contribution in [-0.4, -0.2) is 37.3 Å². The van der Waals surface area contributed by atoms with Crippen molar-refractivity contribution >= 4 is 57.6 Å². The van der Waals surface area contributed by atoms with Crippen molar-refractivity contribution in [3.8, 4) is 11.1 Å². The van der Waals surface area contributed by atoms with Crippen LogP contribution in [0.25, 0.3) is 11.1 Å². The molecule has 0 spiro atoms. The molecule has 0 saturated carbocycles. The van der Waals surface area contributed by atoms with Crippen LogP contribution in [-0.2, 0) is 22.4 Å². The second-order valence-electron chi connectivity index (χ2n) is 7.14. The van der Waals surface area contributed by atoms with Gasteiger partial charge in [0.25, 0.3) is 5.91 Å². The summed E-state index contributed by atoms with van der Waals surface area (Å²) in [5.41, 5.74) is 2.73. The van der Waals surface area contributed by atoms with Gasteiger partial charge in [0.15, 0.2) is 0 Å². The first-order chi connectivity index (χ1) is 14.5. The number of aromatic nitrogens is 1. The average molecular weight is 458 g/mol. The number of aryl methyl sites for hydroxylation is 1. The molecule has 1 N–H and O–H groups in total. The van der Waals surface area contributed by atoms with Crippen LogP contribution in [0.5, 0.6) is 0 Å². The van der Waals surface area contributed by atoms with E-state index < -0.39 is 5.97 Å². The van der Waals surface area contributed by atoms with Gasteiger partial charge in [0.2, 0.25) is 0 Å². The van der Waals surface area contributed by atoms with E-state index in [4.69, 9.17) is 17.3 Å². The summed E-state index contributed by atoms with van der Waals surface area (Å²) in [6.45, 7) is 0.297. The van der Waals surface area contributed by atoms with Crippen molar-refractivity contribution in [3.63, 3.8) is 0 Å². The highest BCUT2D eigenvalue weighted by Crippen LogP contribution is 2.38. The molecular weight excluding hydrogens is 438 g/mol. The lowest BCUT2D eigenvalue weighted by atomic mass is 9.96. The molecule has 30 heavy (non-hydrogen) atoms. The Kier molecular flexibility index (Phi) is 6.09. The number of hydrogen-bond acceptors (Lipinski definition) is 6. The summed E-state index contributed by atoms with van der Waals surface area (Å²) in [6, 6.07) is 6.20. The van der Waals surface area contributed by atoms with Crippen molar-refractivity contribution in [1.82, 2.24) is 9.47 Å². The summed E-state index contributed by atoms with van der Waals surface area (Å²) in [6.07, 6.45) is 8.30. The minimum Gasteiger partial charge on any atom is -0.481 e. The standard InChI is InChI=1S/C21H19N3O3S3/c22-12-15-14-6-1-2-7-16(14)29-20(15)23-9-3-5-13(23)11-17-19(27)24(21(28)30-17)10-4-8-18(25)26/h3,5,9,11H,1-2,4,6-8,10H2,(H,25,26)/b17-11+. The predicted molar refractivity (Wildman–Crippen MR) is 122 cm³/mol. The Balaban J connectivity index is 1.62. The van der Waals surface area contributed by atoms with Crippen LogP contribution in [0.4, 0.5) is 0 Å². The quantitative estimate of drug-likeness (QED) is 0.512. The number of nitrogens with zero attached hydrogens (tertiary/aromatic N) is 3. The number of rotatable bonds is 6. The number of nitriles is 1. The minimum atomic E-state index is -0.888. The van der Waals surface area contributed by atoms with Crippen LogP contribution in [0.1, 0.15) is 47.4 Å². The molecule has 0 bridgehead atoms. The van der Waals surface area contributed by atoms with Crippen LogP contribution < -0.4 is 0 Å². The highest BCUT2D eigenvalue weighted by Gasteiger charge is 2.32. The lowest BCUT2D eigenvalue weighted by Gasteiger charge is -2.13. The van der Waals surface area contributed by atoms with Gasteiger partial charge < -0.3 is 9.67 Å². The fourth-order valence-corrected chi connectivity index (χ4v) is 6.38. The third kappa shape index (κ3) is 3.95. The van der Waals surface area contributed by atoms with Crippen LogP contribution in [0.3, 0.4) is 0 Å². The Bertz CT molecular complexity index is 1110. The molecule has 1 saturated heterocycles. The van der Waals surface area contributed by atoms with Crippen molar-refractivity contribution in [2.75, 3.05) is 6.54 Å².